The van der Waals surface area contributed by atoms with Gasteiger partial charge in [-0.25, -0.2) is 4.57 Å². The van der Waals surface area contributed by atoms with Crippen molar-refractivity contribution in [2.24, 2.45) is 0 Å². The summed E-state index contributed by atoms with van der Waals surface area (Å²) in [6, 6.07) is -0.190. The van der Waals surface area contributed by atoms with Crippen molar-refractivity contribution in [1.82, 2.24) is 4.90 Å². The van der Waals surface area contributed by atoms with Crippen molar-refractivity contribution in [2.45, 2.75) is 32.2 Å². The van der Waals surface area contributed by atoms with Crippen LogP contribution >= 0.6 is 7.82 Å². The zero-order valence-corrected chi connectivity index (χ0v) is 9.52. The Morgan fingerprint density at radius 2 is 2.27 bits per heavy atom. The van der Waals surface area contributed by atoms with Crippen LogP contribution in [0.15, 0.2) is 0 Å². The smallest absolute Gasteiger partial charge is 0.337 e. The van der Waals surface area contributed by atoms with Gasteiger partial charge < -0.3 is 14.7 Å². The predicted octanol–water partition coefficient (Wildman–Crippen LogP) is 0.497. The number of phosphoric ester groups is 1. The summed E-state index contributed by atoms with van der Waals surface area (Å²) in [6.45, 7) is 2.33. The van der Waals surface area contributed by atoms with E-state index in [1.807, 2.05) is 0 Å². The maximum absolute atomic E-state index is 11.4. The maximum Gasteiger partial charge on any atom is 0.469 e. The van der Waals surface area contributed by atoms with Crippen LogP contribution in [0, 0.1) is 0 Å². The highest BCUT2D eigenvalue weighted by Crippen LogP contribution is 2.36. The fourth-order valence-electron chi connectivity index (χ4n) is 1.72. The summed E-state index contributed by atoms with van der Waals surface area (Å²) >= 11 is 0. The SMILES string of the molecule is CCC(=O)N1CCC[C@H]1COP(=O)(O)O. The Hall–Kier alpha value is -0.420. The molecule has 15 heavy (non-hydrogen) atoms. The molecule has 0 aromatic heterocycles. The summed E-state index contributed by atoms with van der Waals surface area (Å²) in [5.41, 5.74) is 0. The van der Waals surface area contributed by atoms with E-state index in [9.17, 15) is 9.36 Å². The molecular formula is C8H16NO5P. The minimum atomic E-state index is -4.42. The normalized spacial score (nSPS) is 22.1. The van der Waals surface area contributed by atoms with Crippen LogP contribution in [0.3, 0.4) is 0 Å². The van der Waals surface area contributed by atoms with Crippen LogP contribution in [0.2, 0.25) is 0 Å². The Kier molecular flexibility index (Phi) is 4.28. The Balaban J connectivity index is 2.47. The van der Waals surface area contributed by atoms with Gasteiger partial charge in [0.15, 0.2) is 0 Å². The van der Waals surface area contributed by atoms with Gasteiger partial charge in [0.05, 0.1) is 12.6 Å². The number of phosphoric acid groups is 1. The lowest BCUT2D eigenvalue weighted by Gasteiger charge is -2.24. The second-order valence-corrected chi connectivity index (χ2v) is 4.76. The van der Waals surface area contributed by atoms with Gasteiger partial charge in [0, 0.05) is 13.0 Å². The molecule has 1 aliphatic heterocycles. The van der Waals surface area contributed by atoms with E-state index in [0.29, 0.717) is 13.0 Å². The molecule has 1 atom stereocenters. The van der Waals surface area contributed by atoms with Gasteiger partial charge in [-0.3, -0.25) is 9.32 Å². The summed E-state index contributed by atoms with van der Waals surface area (Å²) in [4.78, 5) is 30.2. The molecular weight excluding hydrogens is 221 g/mol. The molecule has 1 saturated heterocycles. The zero-order chi connectivity index (χ0) is 11.5. The molecule has 0 radical (unpaired) electrons. The number of likely N-dealkylation sites (tertiary alicyclic amines) is 1. The van der Waals surface area contributed by atoms with E-state index in [2.05, 4.69) is 4.52 Å². The van der Waals surface area contributed by atoms with Crippen molar-refractivity contribution in [3.05, 3.63) is 0 Å². The van der Waals surface area contributed by atoms with E-state index >= 15 is 0 Å². The van der Waals surface area contributed by atoms with E-state index in [1.54, 1.807) is 11.8 Å². The first-order valence-electron chi connectivity index (χ1n) is 4.93. The quantitative estimate of drug-likeness (QED) is 0.695. The molecule has 0 bridgehead atoms. The highest BCUT2D eigenvalue weighted by atomic mass is 31.2. The van der Waals surface area contributed by atoms with Crippen molar-refractivity contribution in [1.29, 1.82) is 0 Å². The van der Waals surface area contributed by atoms with E-state index in [1.165, 1.54) is 0 Å². The molecule has 1 aliphatic rings. The molecule has 1 amide bonds. The van der Waals surface area contributed by atoms with E-state index < -0.39 is 7.82 Å². The van der Waals surface area contributed by atoms with E-state index in [0.717, 1.165) is 12.8 Å². The van der Waals surface area contributed by atoms with Crippen LogP contribution in [0.4, 0.5) is 0 Å². The molecule has 7 heteroatoms. The Labute approximate surface area is 88.5 Å². The molecule has 1 rings (SSSR count). The lowest BCUT2D eigenvalue weighted by Crippen LogP contribution is -2.37. The maximum atomic E-state index is 11.4. The molecule has 0 aromatic rings. The second-order valence-electron chi connectivity index (χ2n) is 3.52. The average Bonchev–Trinajstić information content (AvgIpc) is 2.60. The van der Waals surface area contributed by atoms with Gasteiger partial charge in [-0.05, 0) is 12.8 Å². The highest BCUT2D eigenvalue weighted by molar-refractivity contribution is 7.46. The fourth-order valence-corrected chi connectivity index (χ4v) is 2.09. The molecule has 0 saturated carbocycles. The first kappa shape index (κ1) is 12.6. The van der Waals surface area contributed by atoms with E-state index in [-0.39, 0.29) is 18.6 Å². The standard InChI is InChI=1S/C8H16NO5P/c1-2-8(10)9-5-3-4-7(9)6-14-15(11,12)13/h7H,2-6H2,1H3,(H2,11,12,13)/t7-/m0/s1. The van der Waals surface area contributed by atoms with Gasteiger partial charge in [0.1, 0.15) is 0 Å². The van der Waals surface area contributed by atoms with E-state index in [4.69, 9.17) is 9.79 Å². The minimum Gasteiger partial charge on any atom is -0.337 e. The van der Waals surface area contributed by atoms with Gasteiger partial charge in [-0.2, -0.15) is 0 Å². The van der Waals surface area contributed by atoms with Crippen LogP contribution in [0.25, 0.3) is 0 Å². The lowest BCUT2D eigenvalue weighted by atomic mass is 10.2. The van der Waals surface area contributed by atoms with Crippen molar-refractivity contribution in [3.8, 4) is 0 Å². The number of hydrogen-bond donors (Lipinski definition) is 2. The molecule has 0 spiro atoms. The predicted molar refractivity (Wildman–Crippen MR) is 53.0 cm³/mol. The van der Waals surface area contributed by atoms with Crippen LogP contribution in [-0.4, -0.2) is 39.8 Å². The summed E-state index contributed by atoms with van der Waals surface area (Å²) in [6.07, 6.45) is 2.01. The minimum absolute atomic E-state index is 0.00631. The summed E-state index contributed by atoms with van der Waals surface area (Å²) in [7, 11) is -4.42. The molecule has 88 valence electrons. The molecule has 0 unspecified atom stereocenters. The van der Waals surface area contributed by atoms with Gasteiger partial charge in [-0.15, -0.1) is 0 Å². The fraction of sp³-hybridized carbons (Fsp3) is 0.875. The van der Waals surface area contributed by atoms with Crippen LogP contribution in [0.1, 0.15) is 26.2 Å². The molecule has 2 N–H and O–H groups in total. The number of carbonyl (C=O) groups excluding carboxylic acids is 1. The number of rotatable bonds is 4. The molecule has 0 aromatic carbocycles. The molecule has 6 nitrogen and oxygen atoms in total. The van der Waals surface area contributed by atoms with Crippen LogP contribution < -0.4 is 0 Å². The third-order valence-electron chi connectivity index (χ3n) is 2.44. The molecule has 1 heterocycles. The van der Waals surface area contributed by atoms with Gasteiger partial charge in [0.2, 0.25) is 5.91 Å². The summed E-state index contributed by atoms with van der Waals surface area (Å²) < 4.78 is 14.9. The summed E-state index contributed by atoms with van der Waals surface area (Å²) in [5, 5.41) is 0. The first-order valence-corrected chi connectivity index (χ1v) is 6.46. The van der Waals surface area contributed by atoms with Crippen molar-refractivity contribution in [3.63, 3.8) is 0 Å². The number of nitrogens with zero attached hydrogens (tertiary/aromatic N) is 1. The Bertz CT molecular complexity index is 276. The third-order valence-corrected chi connectivity index (χ3v) is 2.92. The highest BCUT2D eigenvalue weighted by Gasteiger charge is 2.29. The van der Waals surface area contributed by atoms with Crippen LogP contribution in [-0.2, 0) is 13.9 Å². The average molecular weight is 237 g/mol. The largest absolute Gasteiger partial charge is 0.469 e. The monoisotopic (exact) mass is 237 g/mol. The van der Waals surface area contributed by atoms with Crippen molar-refractivity contribution in [2.75, 3.05) is 13.2 Å². The number of carbonyl (C=O) groups is 1. The summed E-state index contributed by atoms with van der Waals surface area (Å²) in [5.74, 6) is 0.00631. The van der Waals surface area contributed by atoms with Gasteiger partial charge >= 0.3 is 7.82 Å². The zero-order valence-electron chi connectivity index (χ0n) is 8.63. The Morgan fingerprint density at radius 3 is 2.80 bits per heavy atom. The number of hydrogen-bond acceptors (Lipinski definition) is 3. The molecule has 0 aliphatic carbocycles. The van der Waals surface area contributed by atoms with Gasteiger partial charge in [-0.1, -0.05) is 6.92 Å². The van der Waals surface area contributed by atoms with Gasteiger partial charge in [0.25, 0.3) is 0 Å². The Morgan fingerprint density at radius 1 is 1.60 bits per heavy atom. The van der Waals surface area contributed by atoms with Crippen molar-refractivity contribution >= 4 is 13.7 Å². The third kappa shape index (κ3) is 3.91. The lowest BCUT2D eigenvalue weighted by molar-refractivity contribution is -0.132. The second kappa shape index (κ2) is 5.07. The van der Waals surface area contributed by atoms with Crippen LogP contribution in [0.5, 0.6) is 0 Å². The first-order chi connectivity index (χ1) is 6.94. The molecule has 1 fully saturated rings. The number of amides is 1. The topological polar surface area (TPSA) is 87.1 Å². The van der Waals surface area contributed by atoms with Crippen molar-refractivity contribution < 1.29 is 23.7 Å².